The van der Waals surface area contributed by atoms with E-state index in [-0.39, 0.29) is 12.4 Å². The third-order valence-corrected chi connectivity index (χ3v) is 3.08. The minimum atomic E-state index is -0.515. The van der Waals surface area contributed by atoms with E-state index in [1.165, 1.54) is 7.11 Å². The molecule has 1 atom stereocenters. The van der Waals surface area contributed by atoms with Gasteiger partial charge in [-0.05, 0) is 36.2 Å². The largest absolute Gasteiger partial charge is 0.486 e. The Morgan fingerprint density at radius 3 is 2.57 bits per heavy atom. The molecule has 1 N–H and O–H groups in total. The highest BCUT2D eigenvalue weighted by molar-refractivity contribution is 5.86. The molecule has 5 nitrogen and oxygen atoms in total. The van der Waals surface area contributed by atoms with Crippen LogP contribution in [-0.2, 0) is 11.3 Å². The summed E-state index contributed by atoms with van der Waals surface area (Å²) >= 11 is 0. The smallest absolute Gasteiger partial charge is 0.373 e. The Hall–Kier alpha value is -2.27. The van der Waals surface area contributed by atoms with Crippen molar-refractivity contribution in [3.8, 4) is 5.75 Å². The fraction of sp³-hybridized carbons (Fsp3) is 0.312. The molecule has 5 heteroatoms. The number of aliphatic hydroxyl groups is 1. The molecule has 0 saturated carbocycles. The number of aliphatic hydroxyl groups excluding tert-OH is 1. The zero-order valence-electron chi connectivity index (χ0n) is 12.0. The summed E-state index contributed by atoms with van der Waals surface area (Å²) in [6, 6.07) is 10.4. The lowest BCUT2D eigenvalue weighted by Gasteiger charge is -2.09. The summed E-state index contributed by atoms with van der Waals surface area (Å²) in [5.74, 6) is 0.836. The van der Waals surface area contributed by atoms with Gasteiger partial charge in [-0.25, -0.2) is 4.79 Å². The zero-order valence-corrected chi connectivity index (χ0v) is 12.0. The molecule has 21 heavy (non-hydrogen) atoms. The van der Waals surface area contributed by atoms with E-state index in [0.717, 1.165) is 5.56 Å². The number of furan rings is 1. The Kier molecular flexibility index (Phi) is 5.00. The molecule has 0 radical (unpaired) electrons. The second-order valence-electron chi connectivity index (χ2n) is 4.54. The van der Waals surface area contributed by atoms with E-state index in [4.69, 9.17) is 9.15 Å². The molecule has 1 unspecified atom stereocenters. The molecule has 0 saturated heterocycles. The highest BCUT2D eigenvalue weighted by atomic mass is 16.5. The van der Waals surface area contributed by atoms with Crippen molar-refractivity contribution in [1.29, 1.82) is 0 Å². The molecule has 0 aliphatic rings. The summed E-state index contributed by atoms with van der Waals surface area (Å²) in [5.41, 5.74) is 0.857. The first-order chi connectivity index (χ1) is 10.1. The quantitative estimate of drug-likeness (QED) is 0.828. The molecule has 2 aromatic rings. The van der Waals surface area contributed by atoms with Crippen molar-refractivity contribution >= 4 is 5.97 Å². The lowest BCUT2D eigenvalue weighted by Crippen LogP contribution is -1.99. The van der Waals surface area contributed by atoms with Crippen LogP contribution < -0.4 is 4.74 Å². The van der Waals surface area contributed by atoms with Crippen molar-refractivity contribution in [2.24, 2.45) is 0 Å². The van der Waals surface area contributed by atoms with Gasteiger partial charge in [-0.15, -0.1) is 0 Å². The molecule has 0 aliphatic heterocycles. The predicted molar refractivity (Wildman–Crippen MR) is 76.1 cm³/mol. The van der Waals surface area contributed by atoms with E-state index in [1.54, 1.807) is 24.3 Å². The lowest BCUT2D eigenvalue weighted by molar-refractivity contribution is 0.0561. The van der Waals surface area contributed by atoms with Crippen molar-refractivity contribution in [1.82, 2.24) is 0 Å². The monoisotopic (exact) mass is 290 g/mol. The number of carbonyl (C=O) groups is 1. The Balaban J connectivity index is 1.93. The van der Waals surface area contributed by atoms with E-state index < -0.39 is 12.1 Å². The van der Waals surface area contributed by atoms with Crippen LogP contribution in [0.1, 0.15) is 41.3 Å². The third kappa shape index (κ3) is 3.86. The first kappa shape index (κ1) is 15.1. The highest BCUT2D eigenvalue weighted by Crippen LogP contribution is 2.21. The maximum Gasteiger partial charge on any atom is 0.373 e. The first-order valence-corrected chi connectivity index (χ1v) is 6.72. The normalized spacial score (nSPS) is 12.0. The van der Waals surface area contributed by atoms with Crippen molar-refractivity contribution in [2.75, 3.05) is 7.11 Å². The van der Waals surface area contributed by atoms with E-state index in [9.17, 15) is 9.90 Å². The molecule has 1 aromatic heterocycles. The van der Waals surface area contributed by atoms with Gasteiger partial charge in [0.2, 0.25) is 5.76 Å². The van der Waals surface area contributed by atoms with Crippen LogP contribution in [0.25, 0.3) is 0 Å². The van der Waals surface area contributed by atoms with Crippen LogP contribution in [0.2, 0.25) is 0 Å². The summed E-state index contributed by atoms with van der Waals surface area (Å²) in [4.78, 5) is 11.3. The molecule has 0 fully saturated rings. The van der Waals surface area contributed by atoms with Crippen LogP contribution >= 0.6 is 0 Å². The van der Waals surface area contributed by atoms with Gasteiger partial charge in [-0.3, -0.25) is 0 Å². The molecule has 1 heterocycles. The Morgan fingerprint density at radius 1 is 1.24 bits per heavy atom. The zero-order chi connectivity index (χ0) is 15.2. The van der Waals surface area contributed by atoms with E-state index in [0.29, 0.717) is 17.9 Å². The minimum Gasteiger partial charge on any atom is -0.486 e. The van der Waals surface area contributed by atoms with Crippen LogP contribution in [0.3, 0.4) is 0 Å². The lowest BCUT2D eigenvalue weighted by atomic mass is 10.1. The predicted octanol–water partition coefficient (Wildman–Crippen LogP) is 3.09. The van der Waals surface area contributed by atoms with E-state index in [2.05, 4.69) is 4.74 Å². The van der Waals surface area contributed by atoms with Crippen LogP contribution in [0.4, 0.5) is 0 Å². The van der Waals surface area contributed by atoms with Gasteiger partial charge in [-0.2, -0.15) is 0 Å². The number of hydrogen-bond acceptors (Lipinski definition) is 5. The van der Waals surface area contributed by atoms with Gasteiger partial charge in [-0.1, -0.05) is 19.1 Å². The molecule has 2 rings (SSSR count). The maximum absolute atomic E-state index is 11.3. The van der Waals surface area contributed by atoms with Crippen molar-refractivity contribution in [2.45, 2.75) is 26.1 Å². The number of rotatable bonds is 6. The van der Waals surface area contributed by atoms with Gasteiger partial charge in [0, 0.05) is 0 Å². The Bertz CT molecular complexity index is 585. The van der Waals surface area contributed by atoms with Crippen LogP contribution in [0.15, 0.2) is 40.8 Å². The van der Waals surface area contributed by atoms with Gasteiger partial charge in [0.1, 0.15) is 18.1 Å². The molecule has 1 aromatic carbocycles. The molecular weight excluding hydrogens is 272 g/mol. The van der Waals surface area contributed by atoms with Crippen molar-refractivity contribution < 1.29 is 23.8 Å². The highest BCUT2D eigenvalue weighted by Gasteiger charge is 2.11. The Labute approximate surface area is 123 Å². The van der Waals surface area contributed by atoms with Gasteiger partial charge < -0.3 is 19.0 Å². The van der Waals surface area contributed by atoms with E-state index >= 15 is 0 Å². The summed E-state index contributed by atoms with van der Waals surface area (Å²) in [6.07, 6.45) is 0.217. The number of ether oxygens (including phenoxy) is 2. The number of carbonyl (C=O) groups excluding carboxylic acids is 1. The maximum atomic E-state index is 11.3. The fourth-order valence-corrected chi connectivity index (χ4v) is 1.84. The average Bonchev–Trinajstić information content (AvgIpc) is 3.01. The standard InChI is InChI=1S/C16H18O5/c1-3-14(17)11-4-6-12(7-5-11)20-10-13-8-9-15(21-13)16(18)19-2/h4-9,14,17H,3,10H2,1-2H3. The van der Waals surface area contributed by atoms with Crippen LogP contribution in [0.5, 0.6) is 5.75 Å². The van der Waals surface area contributed by atoms with Gasteiger partial charge in [0.25, 0.3) is 0 Å². The number of benzene rings is 1. The molecule has 0 amide bonds. The van der Waals surface area contributed by atoms with Gasteiger partial charge in [0.15, 0.2) is 0 Å². The third-order valence-electron chi connectivity index (χ3n) is 3.08. The average molecular weight is 290 g/mol. The van der Waals surface area contributed by atoms with Gasteiger partial charge in [0.05, 0.1) is 13.2 Å². The summed E-state index contributed by atoms with van der Waals surface area (Å²) in [7, 11) is 1.30. The summed E-state index contributed by atoms with van der Waals surface area (Å²) in [5, 5.41) is 9.71. The second kappa shape index (κ2) is 6.95. The summed E-state index contributed by atoms with van der Waals surface area (Å²) in [6.45, 7) is 2.14. The second-order valence-corrected chi connectivity index (χ2v) is 4.54. The number of esters is 1. The fourth-order valence-electron chi connectivity index (χ4n) is 1.84. The van der Waals surface area contributed by atoms with Crippen molar-refractivity contribution in [3.63, 3.8) is 0 Å². The topological polar surface area (TPSA) is 68.9 Å². The molecule has 0 spiro atoms. The molecule has 112 valence electrons. The first-order valence-electron chi connectivity index (χ1n) is 6.72. The van der Waals surface area contributed by atoms with Crippen molar-refractivity contribution in [3.05, 3.63) is 53.5 Å². The molecule has 0 bridgehead atoms. The Morgan fingerprint density at radius 2 is 1.95 bits per heavy atom. The number of hydrogen-bond donors (Lipinski definition) is 1. The summed E-state index contributed by atoms with van der Waals surface area (Å²) < 4.78 is 15.4. The van der Waals surface area contributed by atoms with Gasteiger partial charge >= 0.3 is 5.97 Å². The SMILES string of the molecule is CCC(O)c1ccc(OCc2ccc(C(=O)OC)o2)cc1. The molecular formula is C16H18O5. The van der Waals surface area contributed by atoms with Crippen LogP contribution in [0, 0.1) is 0 Å². The van der Waals surface area contributed by atoms with Crippen LogP contribution in [-0.4, -0.2) is 18.2 Å². The molecule has 0 aliphatic carbocycles. The minimum absolute atomic E-state index is 0.150. The van der Waals surface area contributed by atoms with E-state index in [1.807, 2.05) is 19.1 Å². The number of methoxy groups -OCH3 is 1.